The van der Waals surface area contributed by atoms with Crippen LogP contribution in [0.25, 0.3) is 0 Å². The summed E-state index contributed by atoms with van der Waals surface area (Å²) in [5.41, 5.74) is 1.14. The monoisotopic (exact) mass is 654 g/mol. The highest BCUT2D eigenvalue weighted by molar-refractivity contribution is 5.90. The Morgan fingerprint density at radius 2 is 1.23 bits per heavy atom. The number of ether oxygens (including phenoxy) is 2. The van der Waals surface area contributed by atoms with Crippen LogP contribution in [0.5, 0.6) is 0 Å². The van der Waals surface area contributed by atoms with E-state index in [2.05, 4.69) is 15.4 Å². The van der Waals surface area contributed by atoms with Crippen molar-refractivity contribution in [1.82, 2.24) is 10.6 Å². The van der Waals surface area contributed by atoms with Gasteiger partial charge in [0.2, 0.25) is 11.8 Å². The topological polar surface area (TPSA) is 185 Å². The van der Waals surface area contributed by atoms with Crippen LogP contribution in [0.15, 0.2) is 60.7 Å². The Kier molecular flexibility index (Phi) is 15.1. The second-order valence-corrected chi connectivity index (χ2v) is 11.8. The van der Waals surface area contributed by atoms with Gasteiger partial charge in [-0.1, -0.05) is 88.4 Å². The summed E-state index contributed by atoms with van der Waals surface area (Å²) in [4.78, 5) is 77.9. The van der Waals surface area contributed by atoms with Crippen LogP contribution in [-0.4, -0.2) is 72.7 Å². The number of benzene rings is 2. The number of amides is 2. The predicted molar refractivity (Wildman–Crippen MR) is 172 cm³/mol. The van der Waals surface area contributed by atoms with Gasteiger partial charge in [0.15, 0.2) is 0 Å². The molecule has 2 aromatic carbocycles. The SMILES string of the molecule is CCC(c1ccccc1)C(C(=O)O)C(CC(c1ccccc1)C(C(=O)O)C(C)C(=O)NC(C(=O)OC)C(C)C)C(=O)NCC(=O)OC. The van der Waals surface area contributed by atoms with Crippen molar-refractivity contribution in [3.8, 4) is 0 Å². The van der Waals surface area contributed by atoms with Gasteiger partial charge >= 0.3 is 23.9 Å². The van der Waals surface area contributed by atoms with Crippen LogP contribution < -0.4 is 10.6 Å². The number of carboxylic acid groups (broad SMARTS) is 2. The van der Waals surface area contributed by atoms with Crippen LogP contribution in [-0.2, 0) is 38.2 Å². The average molecular weight is 655 g/mol. The molecule has 2 rings (SSSR count). The molecule has 2 amide bonds. The van der Waals surface area contributed by atoms with E-state index < -0.39 is 83.8 Å². The summed E-state index contributed by atoms with van der Waals surface area (Å²) in [6.07, 6.45) is 0.0412. The van der Waals surface area contributed by atoms with Gasteiger partial charge in [-0.05, 0) is 41.7 Å². The highest BCUT2D eigenvalue weighted by atomic mass is 16.5. The number of esters is 2. The number of rotatable bonds is 18. The van der Waals surface area contributed by atoms with E-state index in [9.17, 15) is 39.0 Å². The van der Waals surface area contributed by atoms with Crippen LogP contribution in [0, 0.1) is 29.6 Å². The van der Waals surface area contributed by atoms with Crippen molar-refractivity contribution in [3.05, 3.63) is 71.8 Å². The molecule has 0 bridgehead atoms. The Bertz CT molecular complexity index is 1360. The standard InChI is InChI=1S/C35H46N2O10/c1-7-24(22-14-10-8-11-15-22)29(34(43)44)26(32(40)36-19-27(38)46-5)18-25(23-16-12-9-13-17-23)28(33(41)42)21(4)31(39)37-30(20(2)3)35(45)47-6/h8-17,20-21,24-26,28-30H,7,18-19H2,1-6H3,(H,36,40)(H,37,39)(H,41,42)(H,43,44). The van der Waals surface area contributed by atoms with E-state index in [4.69, 9.17) is 4.74 Å². The van der Waals surface area contributed by atoms with E-state index in [1.54, 1.807) is 81.4 Å². The number of carbonyl (C=O) groups is 6. The molecule has 0 aliphatic rings. The molecule has 0 spiro atoms. The second kappa shape index (κ2) is 18.4. The molecule has 0 saturated heterocycles. The fourth-order valence-corrected chi connectivity index (χ4v) is 6.07. The molecular formula is C35H46N2O10. The molecule has 0 saturated carbocycles. The van der Waals surface area contributed by atoms with Gasteiger partial charge in [0.1, 0.15) is 12.6 Å². The van der Waals surface area contributed by atoms with Gasteiger partial charge in [0.05, 0.1) is 32.0 Å². The molecule has 7 atom stereocenters. The molecule has 0 aliphatic heterocycles. The van der Waals surface area contributed by atoms with Crippen molar-refractivity contribution in [1.29, 1.82) is 0 Å². The van der Waals surface area contributed by atoms with E-state index in [0.29, 0.717) is 17.5 Å². The first-order chi connectivity index (χ1) is 22.3. The summed E-state index contributed by atoms with van der Waals surface area (Å²) in [7, 11) is 2.33. The zero-order valence-corrected chi connectivity index (χ0v) is 27.7. The number of nitrogens with one attached hydrogen (secondary N) is 2. The van der Waals surface area contributed by atoms with E-state index in [-0.39, 0.29) is 12.3 Å². The molecule has 0 aromatic heterocycles. The highest BCUT2D eigenvalue weighted by Gasteiger charge is 2.45. The molecule has 2 aromatic rings. The third-order valence-electron chi connectivity index (χ3n) is 8.62. The lowest BCUT2D eigenvalue weighted by molar-refractivity contribution is -0.151. The van der Waals surface area contributed by atoms with Crippen LogP contribution in [0.4, 0.5) is 0 Å². The smallest absolute Gasteiger partial charge is 0.328 e. The lowest BCUT2D eigenvalue weighted by Gasteiger charge is -2.35. The minimum atomic E-state index is -1.45. The van der Waals surface area contributed by atoms with Crippen LogP contribution in [0.3, 0.4) is 0 Å². The molecule has 256 valence electrons. The third-order valence-corrected chi connectivity index (χ3v) is 8.62. The summed E-state index contributed by atoms with van der Waals surface area (Å²) in [6, 6.07) is 16.2. The fourth-order valence-electron chi connectivity index (χ4n) is 6.07. The molecular weight excluding hydrogens is 608 g/mol. The van der Waals surface area contributed by atoms with E-state index in [0.717, 1.165) is 7.11 Å². The highest BCUT2D eigenvalue weighted by Crippen LogP contribution is 2.42. The minimum absolute atomic E-state index is 0.295. The minimum Gasteiger partial charge on any atom is -0.481 e. The largest absolute Gasteiger partial charge is 0.481 e. The third kappa shape index (κ3) is 10.4. The molecule has 12 nitrogen and oxygen atoms in total. The Balaban J connectivity index is 2.71. The van der Waals surface area contributed by atoms with Crippen LogP contribution in [0.1, 0.15) is 63.5 Å². The predicted octanol–water partition coefficient (Wildman–Crippen LogP) is 3.61. The van der Waals surface area contributed by atoms with Crippen molar-refractivity contribution in [3.63, 3.8) is 0 Å². The van der Waals surface area contributed by atoms with Crippen LogP contribution in [0.2, 0.25) is 0 Å². The molecule has 47 heavy (non-hydrogen) atoms. The zero-order valence-electron chi connectivity index (χ0n) is 27.7. The van der Waals surface area contributed by atoms with Gasteiger partial charge < -0.3 is 30.3 Å². The number of aliphatic carboxylic acids is 2. The lowest BCUT2D eigenvalue weighted by atomic mass is 9.68. The first-order valence-corrected chi connectivity index (χ1v) is 15.6. The van der Waals surface area contributed by atoms with Crippen molar-refractivity contribution in [2.45, 2.75) is 58.4 Å². The summed E-state index contributed by atoms with van der Waals surface area (Å²) in [5.74, 6) is -13.0. The zero-order chi connectivity index (χ0) is 35.3. The maximum absolute atomic E-state index is 13.9. The Morgan fingerprint density at radius 1 is 0.723 bits per heavy atom. The molecule has 7 unspecified atom stereocenters. The van der Waals surface area contributed by atoms with Gasteiger partial charge in [0.25, 0.3) is 0 Å². The maximum Gasteiger partial charge on any atom is 0.328 e. The van der Waals surface area contributed by atoms with E-state index in [1.165, 1.54) is 14.0 Å². The first kappa shape index (κ1) is 38.4. The summed E-state index contributed by atoms with van der Waals surface area (Å²) in [5, 5.41) is 26.3. The Morgan fingerprint density at radius 3 is 1.66 bits per heavy atom. The summed E-state index contributed by atoms with van der Waals surface area (Å²) in [6.45, 7) is 6.09. The second-order valence-electron chi connectivity index (χ2n) is 11.8. The lowest BCUT2D eigenvalue weighted by Crippen LogP contribution is -2.49. The van der Waals surface area contributed by atoms with Crippen molar-refractivity contribution in [2.24, 2.45) is 29.6 Å². The number of carboxylic acids is 2. The molecule has 0 aliphatic carbocycles. The Hall–Kier alpha value is -4.74. The molecule has 0 heterocycles. The number of carbonyl (C=O) groups excluding carboxylic acids is 4. The molecule has 0 fully saturated rings. The number of methoxy groups -OCH3 is 2. The quantitative estimate of drug-likeness (QED) is 0.173. The number of hydrogen-bond acceptors (Lipinski definition) is 8. The Labute approximate surface area is 275 Å². The molecule has 12 heteroatoms. The van der Waals surface area contributed by atoms with Crippen molar-refractivity contribution < 1.29 is 48.5 Å². The van der Waals surface area contributed by atoms with Gasteiger partial charge in [0, 0.05) is 5.92 Å². The van der Waals surface area contributed by atoms with Crippen molar-refractivity contribution in [2.75, 3.05) is 20.8 Å². The van der Waals surface area contributed by atoms with Gasteiger partial charge in [-0.15, -0.1) is 0 Å². The van der Waals surface area contributed by atoms with Gasteiger partial charge in [-0.25, -0.2) is 4.79 Å². The maximum atomic E-state index is 13.9. The van der Waals surface area contributed by atoms with Gasteiger partial charge in [-0.3, -0.25) is 24.0 Å². The van der Waals surface area contributed by atoms with Gasteiger partial charge in [-0.2, -0.15) is 0 Å². The molecule has 0 radical (unpaired) electrons. The van der Waals surface area contributed by atoms with Crippen molar-refractivity contribution >= 4 is 35.7 Å². The normalized spacial score (nSPS) is 15.6. The summed E-state index contributed by atoms with van der Waals surface area (Å²) < 4.78 is 9.47. The summed E-state index contributed by atoms with van der Waals surface area (Å²) >= 11 is 0. The first-order valence-electron chi connectivity index (χ1n) is 15.6. The molecule has 4 N–H and O–H groups in total. The fraction of sp³-hybridized carbons (Fsp3) is 0.486. The average Bonchev–Trinajstić information content (AvgIpc) is 3.06. The van der Waals surface area contributed by atoms with E-state index >= 15 is 0 Å². The van der Waals surface area contributed by atoms with Crippen LogP contribution >= 0.6 is 0 Å². The van der Waals surface area contributed by atoms with E-state index in [1.807, 2.05) is 0 Å². The number of hydrogen-bond donors (Lipinski definition) is 4.